The second-order valence-electron chi connectivity index (χ2n) is 4.55. The Kier molecular flexibility index (Phi) is 3.14. The highest BCUT2D eigenvalue weighted by Crippen LogP contribution is 2.33. The summed E-state index contributed by atoms with van der Waals surface area (Å²) in [5, 5.41) is 0. The summed E-state index contributed by atoms with van der Waals surface area (Å²) in [6.45, 7) is 1.96. The van der Waals surface area contributed by atoms with Gasteiger partial charge < -0.3 is 14.9 Å². The van der Waals surface area contributed by atoms with E-state index in [0.29, 0.717) is 11.5 Å². The lowest BCUT2D eigenvalue weighted by Gasteiger charge is -2.01. The number of anilines is 1. The first-order chi connectivity index (χ1) is 9.58. The molecule has 0 unspecified atom stereocenters. The third-order valence-corrected chi connectivity index (χ3v) is 3.77. The molecular weight excluding hydrogens is 320 g/mol. The molecule has 0 saturated heterocycles. The number of oxazole rings is 1. The molecule has 4 nitrogen and oxygen atoms in total. The van der Waals surface area contributed by atoms with E-state index in [2.05, 4.69) is 20.9 Å². The fraction of sp³-hybridized carbons (Fsp3) is 0.133. The predicted octanol–water partition coefficient (Wildman–Crippen LogP) is 4.16. The number of aryl methyl sites for hydroxylation is 1. The molecule has 0 aliphatic heterocycles. The first-order valence-corrected chi connectivity index (χ1v) is 6.88. The van der Waals surface area contributed by atoms with Crippen LogP contribution in [0.5, 0.6) is 5.75 Å². The minimum atomic E-state index is 0.542. The average molecular weight is 333 g/mol. The van der Waals surface area contributed by atoms with Gasteiger partial charge in [0.25, 0.3) is 0 Å². The van der Waals surface area contributed by atoms with E-state index in [1.54, 1.807) is 7.11 Å². The van der Waals surface area contributed by atoms with E-state index in [-0.39, 0.29) is 0 Å². The molecule has 0 bridgehead atoms. The maximum atomic E-state index is 5.93. The molecule has 5 heteroatoms. The fourth-order valence-corrected chi connectivity index (χ4v) is 2.49. The molecule has 0 spiro atoms. The van der Waals surface area contributed by atoms with Crippen molar-refractivity contribution in [1.29, 1.82) is 0 Å². The summed E-state index contributed by atoms with van der Waals surface area (Å²) in [6.07, 6.45) is 0. The van der Waals surface area contributed by atoms with Crippen LogP contribution in [-0.4, -0.2) is 12.1 Å². The van der Waals surface area contributed by atoms with Crippen molar-refractivity contribution in [3.05, 3.63) is 40.4 Å². The van der Waals surface area contributed by atoms with Crippen LogP contribution in [0.4, 0.5) is 5.69 Å². The number of benzene rings is 2. The van der Waals surface area contributed by atoms with E-state index in [1.807, 2.05) is 37.3 Å². The molecule has 20 heavy (non-hydrogen) atoms. The lowest BCUT2D eigenvalue weighted by molar-refractivity contribution is 0.415. The standard InChI is InChI=1S/C15H13BrN2O2/c1-8-3-4-9(5-12(8)17)15-18-13-7-10(19-2)6-11(16)14(13)20-15/h3-7H,17H2,1-2H3. The van der Waals surface area contributed by atoms with E-state index < -0.39 is 0 Å². The Bertz CT molecular complexity index is 796. The molecule has 0 atom stereocenters. The molecule has 0 fully saturated rings. The molecule has 3 rings (SSSR count). The summed E-state index contributed by atoms with van der Waals surface area (Å²) >= 11 is 3.46. The topological polar surface area (TPSA) is 61.3 Å². The molecule has 2 N–H and O–H groups in total. The van der Waals surface area contributed by atoms with Gasteiger partial charge in [-0.1, -0.05) is 6.07 Å². The number of rotatable bonds is 2. The molecule has 0 amide bonds. The number of halogens is 1. The number of aromatic nitrogens is 1. The van der Waals surface area contributed by atoms with Crippen molar-refractivity contribution in [2.45, 2.75) is 6.92 Å². The third-order valence-electron chi connectivity index (χ3n) is 3.18. The Hall–Kier alpha value is -2.01. The van der Waals surface area contributed by atoms with Crippen molar-refractivity contribution in [1.82, 2.24) is 4.98 Å². The Balaban J connectivity index is 2.17. The molecule has 0 aliphatic carbocycles. The van der Waals surface area contributed by atoms with Gasteiger partial charge in [0.15, 0.2) is 5.58 Å². The SMILES string of the molecule is COc1cc(Br)c2oc(-c3ccc(C)c(N)c3)nc2c1. The lowest BCUT2D eigenvalue weighted by atomic mass is 10.1. The van der Waals surface area contributed by atoms with Crippen molar-refractivity contribution in [3.63, 3.8) is 0 Å². The average Bonchev–Trinajstić information content (AvgIpc) is 2.86. The zero-order valence-electron chi connectivity index (χ0n) is 11.1. The Morgan fingerprint density at radius 1 is 1.25 bits per heavy atom. The van der Waals surface area contributed by atoms with Crippen LogP contribution >= 0.6 is 15.9 Å². The van der Waals surface area contributed by atoms with Crippen LogP contribution in [0.1, 0.15) is 5.56 Å². The quantitative estimate of drug-likeness (QED) is 0.716. The second-order valence-corrected chi connectivity index (χ2v) is 5.40. The van der Waals surface area contributed by atoms with Crippen LogP contribution in [0.2, 0.25) is 0 Å². The largest absolute Gasteiger partial charge is 0.497 e. The molecular formula is C15H13BrN2O2. The van der Waals surface area contributed by atoms with E-state index in [0.717, 1.165) is 32.6 Å². The van der Waals surface area contributed by atoms with E-state index in [4.69, 9.17) is 14.9 Å². The summed E-state index contributed by atoms with van der Waals surface area (Å²) in [5.41, 5.74) is 9.98. The van der Waals surface area contributed by atoms with Crippen molar-refractivity contribution < 1.29 is 9.15 Å². The summed E-state index contributed by atoms with van der Waals surface area (Å²) in [7, 11) is 1.62. The van der Waals surface area contributed by atoms with Crippen molar-refractivity contribution in [2.75, 3.05) is 12.8 Å². The zero-order valence-corrected chi connectivity index (χ0v) is 12.7. The van der Waals surface area contributed by atoms with Crippen molar-refractivity contribution >= 4 is 32.7 Å². The minimum absolute atomic E-state index is 0.542. The number of ether oxygens (including phenoxy) is 1. The van der Waals surface area contributed by atoms with Gasteiger partial charge in [-0.25, -0.2) is 4.98 Å². The smallest absolute Gasteiger partial charge is 0.227 e. The van der Waals surface area contributed by atoms with Gasteiger partial charge in [-0.3, -0.25) is 0 Å². The number of hydrogen-bond donors (Lipinski definition) is 1. The Labute approximate surface area is 124 Å². The Morgan fingerprint density at radius 2 is 2.05 bits per heavy atom. The normalized spacial score (nSPS) is 10.9. The summed E-state index contributed by atoms with van der Waals surface area (Å²) in [4.78, 5) is 4.49. The lowest BCUT2D eigenvalue weighted by Crippen LogP contribution is -1.89. The van der Waals surface area contributed by atoms with Gasteiger partial charge in [0.05, 0.1) is 11.6 Å². The number of nitrogens with zero attached hydrogens (tertiary/aromatic N) is 1. The summed E-state index contributed by atoms with van der Waals surface area (Å²) < 4.78 is 11.8. The highest BCUT2D eigenvalue weighted by atomic mass is 79.9. The second kappa shape index (κ2) is 4.83. The van der Waals surface area contributed by atoms with Crippen LogP contribution in [-0.2, 0) is 0 Å². The zero-order chi connectivity index (χ0) is 14.3. The Morgan fingerprint density at radius 3 is 2.75 bits per heavy atom. The third kappa shape index (κ3) is 2.14. The van der Waals surface area contributed by atoms with Gasteiger partial charge in [0.2, 0.25) is 5.89 Å². The molecule has 3 aromatic rings. The molecule has 1 aromatic heterocycles. The molecule has 1 heterocycles. The summed E-state index contributed by atoms with van der Waals surface area (Å²) in [5.74, 6) is 1.27. The predicted molar refractivity (Wildman–Crippen MR) is 82.8 cm³/mol. The van der Waals surface area contributed by atoms with E-state index >= 15 is 0 Å². The van der Waals surface area contributed by atoms with Gasteiger partial charge in [0.1, 0.15) is 11.3 Å². The van der Waals surface area contributed by atoms with Gasteiger partial charge >= 0.3 is 0 Å². The van der Waals surface area contributed by atoms with Crippen LogP contribution < -0.4 is 10.5 Å². The molecule has 0 saturated carbocycles. The highest BCUT2D eigenvalue weighted by Gasteiger charge is 2.13. The number of nitrogens with two attached hydrogens (primary N) is 1. The van der Waals surface area contributed by atoms with E-state index in [1.165, 1.54) is 0 Å². The molecule has 0 radical (unpaired) electrons. The fourth-order valence-electron chi connectivity index (χ4n) is 1.98. The van der Waals surface area contributed by atoms with Gasteiger partial charge in [-0.05, 0) is 46.6 Å². The minimum Gasteiger partial charge on any atom is -0.497 e. The van der Waals surface area contributed by atoms with Gasteiger partial charge in [-0.15, -0.1) is 0 Å². The first kappa shape index (κ1) is 13.0. The monoisotopic (exact) mass is 332 g/mol. The van der Waals surface area contributed by atoms with Gasteiger partial charge in [-0.2, -0.15) is 0 Å². The highest BCUT2D eigenvalue weighted by molar-refractivity contribution is 9.10. The van der Waals surface area contributed by atoms with Crippen LogP contribution in [0.3, 0.4) is 0 Å². The van der Waals surface area contributed by atoms with Crippen molar-refractivity contribution in [3.8, 4) is 17.2 Å². The number of fused-ring (bicyclic) bond motifs is 1. The van der Waals surface area contributed by atoms with Gasteiger partial charge in [0, 0.05) is 17.3 Å². The molecule has 102 valence electrons. The maximum absolute atomic E-state index is 5.93. The summed E-state index contributed by atoms with van der Waals surface area (Å²) in [6, 6.07) is 9.45. The van der Waals surface area contributed by atoms with Crippen molar-refractivity contribution in [2.24, 2.45) is 0 Å². The maximum Gasteiger partial charge on any atom is 0.227 e. The first-order valence-electron chi connectivity index (χ1n) is 6.09. The van der Waals surface area contributed by atoms with Crippen LogP contribution in [0.15, 0.2) is 39.2 Å². The van der Waals surface area contributed by atoms with Crippen LogP contribution in [0.25, 0.3) is 22.6 Å². The number of methoxy groups -OCH3 is 1. The van der Waals surface area contributed by atoms with E-state index in [9.17, 15) is 0 Å². The molecule has 0 aliphatic rings. The van der Waals surface area contributed by atoms with Crippen LogP contribution in [0, 0.1) is 6.92 Å². The molecule has 2 aromatic carbocycles. The number of nitrogen functional groups attached to an aromatic ring is 1. The number of hydrogen-bond acceptors (Lipinski definition) is 4.